The van der Waals surface area contributed by atoms with E-state index in [0.717, 1.165) is 0 Å². The SMILES string of the molecule is Cc1cc(C(O)C#N)nn1-c1cccc(-c2ccccc2OC(F)(F)F)c1. The number of alkyl halides is 3. The van der Waals surface area contributed by atoms with Crippen molar-refractivity contribution in [3.63, 3.8) is 0 Å². The Morgan fingerprint density at radius 3 is 2.59 bits per heavy atom. The molecule has 0 radical (unpaired) electrons. The summed E-state index contributed by atoms with van der Waals surface area (Å²) in [7, 11) is 0. The van der Waals surface area contributed by atoms with Crippen LogP contribution in [0.1, 0.15) is 17.5 Å². The summed E-state index contributed by atoms with van der Waals surface area (Å²) >= 11 is 0. The maximum Gasteiger partial charge on any atom is 0.573 e. The zero-order valence-corrected chi connectivity index (χ0v) is 14.1. The van der Waals surface area contributed by atoms with Crippen LogP contribution in [0.25, 0.3) is 16.8 Å². The fourth-order valence-electron chi connectivity index (χ4n) is 2.68. The number of rotatable bonds is 4. The zero-order chi connectivity index (χ0) is 19.6. The minimum absolute atomic E-state index is 0.196. The molecular formula is C19H14F3N3O2. The second-order valence-electron chi connectivity index (χ2n) is 5.75. The number of aliphatic hydroxyl groups is 1. The smallest absolute Gasteiger partial charge is 0.405 e. The molecule has 0 bridgehead atoms. The van der Waals surface area contributed by atoms with Crippen molar-refractivity contribution in [2.24, 2.45) is 0 Å². The summed E-state index contributed by atoms with van der Waals surface area (Å²) in [4.78, 5) is 0. The van der Waals surface area contributed by atoms with Crippen LogP contribution < -0.4 is 4.74 Å². The van der Waals surface area contributed by atoms with E-state index < -0.39 is 12.5 Å². The number of hydrogen-bond donors (Lipinski definition) is 1. The molecule has 27 heavy (non-hydrogen) atoms. The highest BCUT2D eigenvalue weighted by atomic mass is 19.4. The number of aliphatic hydroxyl groups excluding tert-OH is 1. The van der Waals surface area contributed by atoms with Crippen molar-refractivity contribution in [1.82, 2.24) is 9.78 Å². The minimum atomic E-state index is -4.80. The zero-order valence-electron chi connectivity index (χ0n) is 14.1. The van der Waals surface area contributed by atoms with E-state index in [2.05, 4.69) is 9.84 Å². The molecule has 3 rings (SSSR count). The first kappa shape index (κ1) is 18.5. The Hall–Kier alpha value is -3.31. The summed E-state index contributed by atoms with van der Waals surface area (Å²) in [6.07, 6.45) is -6.15. The molecule has 1 unspecified atom stereocenters. The van der Waals surface area contributed by atoms with E-state index >= 15 is 0 Å². The van der Waals surface area contributed by atoms with Crippen LogP contribution in [0.3, 0.4) is 0 Å². The average Bonchev–Trinajstić information content (AvgIpc) is 3.02. The molecule has 0 aliphatic carbocycles. The Bertz CT molecular complexity index is 1010. The van der Waals surface area contributed by atoms with Crippen LogP contribution in [0.4, 0.5) is 13.2 Å². The molecule has 5 nitrogen and oxygen atoms in total. The topological polar surface area (TPSA) is 71.1 Å². The Morgan fingerprint density at radius 1 is 1.15 bits per heavy atom. The van der Waals surface area contributed by atoms with Gasteiger partial charge < -0.3 is 9.84 Å². The lowest BCUT2D eigenvalue weighted by molar-refractivity contribution is -0.274. The molecule has 2 aromatic carbocycles. The van der Waals surface area contributed by atoms with Crippen LogP contribution in [0.5, 0.6) is 5.75 Å². The number of aromatic nitrogens is 2. The fourth-order valence-corrected chi connectivity index (χ4v) is 2.68. The molecule has 0 amide bonds. The van der Waals surface area contributed by atoms with E-state index in [1.807, 2.05) is 0 Å². The van der Waals surface area contributed by atoms with Gasteiger partial charge in [-0.15, -0.1) is 13.2 Å². The molecular weight excluding hydrogens is 359 g/mol. The van der Waals surface area contributed by atoms with Gasteiger partial charge in [0.15, 0.2) is 6.10 Å². The lowest BCUT2D eigenvalue weighted by Gasteiger charge is -2.14. The van der Waals surface area contributed by atoms with Crippen LogP contribution in [-0.2, 0) is 0 Å². The second-order valence-corrected chi connectivity index (χ2v) is 5.75. The van der Waals surface area contributed by atoms with Gasteiger partial charge in [-0.1, -0.05) is 30.3 Å². The van der Waals surface area contributed by atoms with E-state index in [1.165, 1.54) is 22.9 Å². The van der Waals surface area contributed by atoms with E-state index in [-0.39, 0.29) is 17.0 Å². The molecule has 1 N–H and O–H groups in total. The van der Waals surface area contributed by atoms with Crippen LogP contribution in [0.2, 0.25) is 0 Å². The lowest BCUT2D eigenvalue weighted by atomic mass is 10.0. The summed E-state index contributed by atoms with van der Waals surface area (Å²) in [5.74, 6) is -0.306. The highest BCUT2D eigenvalue weighted by Crippen LogP contribution is 2.34. The van der Waals surface area contributed by atoms with Crippen LogP contribution in [0, 0.1) is 18.3 Å². The fraction of sp³-hybridized carbons (Fsp3) is 0.158. The van der Waals surface area contributed by atoms with Crippen LogP contribution >= 0.6 is 0 Å². The Balaban J connectivity index is 2.04. The second kappa shape index (κ2) is 7.13. The highest BCUT2D eigenvalue weighted by Gasteiger charge is 2.32. The Morgan fingerprint density at radius 2 is 1.89 bits per heavy atom. The van der Waals surface area contributed by atoms with Crippen molar-refractivity contribution in [1.29, 1.82) is 5.26 Å². The third kappa shape index (κ3) is 4.10. The van der Waals surface area contributed by atoms with Gasteiger partial charge in [0.25, 0.3) is 0 Å². The molecule has 0 saturated carbocycles. The molecule has 0 fully saturated rings. The molecule has 0 aliphatic heterocycles. The van der Waals surface area contributed by atoms with Crippen molar-refractivity contribution in [2.75, 3.05) is 0 Å². The quantitative estimate of drug-likeness (QED) is 0.692. The van der Waals surface area contributed by atoms with E-state index in [4.69, 9.17) is 5.26 Å². The summed E-state index contributed by atoms with van der Waals surface area (Å²) in [5.41, 5.74) is 2.21. The Kier molecular flexibility index (Phi) is 4.88. The number of ether oxygens (including phenoxy) is 1. The van der Waals surface area contributed by atoms with Gasteiger partial charge in [-0.3, -0.25) is 0 Å². The van der Waals surface area contributed by atoms with Gasteiger partial charge in [0.2, 0.25) is 0 Å². The highest BCUT2D eigenvalue weighted by molar-refractivity contribution is 5.72. The van der Waals surface area contributed by atoms with E-state index in [9.17, 15) is 18.3 Å². The molecule has 1 aromatic heterocycles. The first-order valence-electron chi connectivity index (χ1n) is 7.88. The van der Waals surface area contributed by atoms with Crippen molar-refractivity contribution in [3.05, 3.63) is 66.0 Å². The van der Waals surface area contributed by atoms with Crippen molar-refractivity contribution in [3.8, 4) is 28.6 Å². The van der Waals surface area contributed by atoms with Gasteiger partial charge in [0.05, 0.1) is 5.69 Å². The van der Waals surface area contributed by atoms with Crippen LogP contribution in [-0.4, -0.2) is 21.2 Å². The first-order valence-corrected chi connectivity index (χ1v) is 7.88. The van der Waals surface area contributed by atoms with Gasteiger partial charge in [-0.25, -0.2) is 4.68 Å². The number of nitriles is 1. The van der Waals surface area contributed by atoms with Gasteiger partial charge in [-0.2, -0.15) is 10.4 Å². The number of hydrogen-bond acceptors (Lipinski definition) is 4. The maximum atomic E-state index is 12.7. The number of para-hydroxylation sites is 1. The van der Waals surface area contributed by atoms with E-state index in [1.54, 1.807) is 49.4 Å². The minimum Gasteiger partial charge on any atom is -0.405 e. The lowest BCUT2D eigenvalue weighted by Crippen LogP contribution is -2.17. The van der Waals surface area contributed by atoms with Gasteiger partial charge in [0.1, 0.15) is 17.5 Å². The molecule has 0 aliphatic rings. The first-order chi connectivity index (χ1) is 12.8. The largest absolute Gasteiger partial charge is 0.573 e. The number of nitrogens with zero attached hydrogens (tertiary/aromatic N) is 3. The standard InChI is InChI=1S/C19H14F3N3O2/c1-12-9-16(17(26)11-23)24-25(12)14-6-4-5-13(10-14)15-7-2-3-8-18(15)27-19(20,21)22/h2-10,17,26H,1H3. The van der Waals surface area contributed by atoms with Gasteiger partial charge >= 0.3 is 6.36 Å². The normalized spacial score (nSPS) is 12.4. The third-order valence-corrected chi connectivity index (χ3v) is 3.82. The van der Waals surface area contributed by atoms with Gasteiger partial charge in [0, 0.05) is 11.3 Å². The van der Waals surface area contributed by atoms with Crippen molar-refractivity contribution < 1.29 is 23.0 Å². The van der Waals surface area contributed by atoms with Gasteiger partial charge in [-0.05, 0) is 36.8 Å². The number of aryl methyl sites for hydroxylation is 1. The number of halogens is 3. The molecule has 1 heterocycles. The molecule has 3 aromatic rings. The predicted molar refractivity (Wildman–Crippen MR) is 91.0 cm³/mol. The maximum absolute atomic E-state index is 12.7. The molecule has 0 saturated heterocycles. The summed E-state index contributed by atoms with van der Waals surface area (Å²) in [5, 5.41) is 22.7. The molecule has 1 atom stereocenters. The molecule has 138 valence electrons. The predicted octanol–water partition coefficient (Wildman–Crippen LogP) is 4.30. The number of benzene rings is 2. The summed E-state index contributed by atoms with van der Waals surface area (Å²) in [6, 6.07) is 15.8. The Labute approximate surface area is 152 Å². The van der Waals surface area contributed by atoms with E-state index in [0.29, 0.717) is 16.9 Å². The third-order valence-electron chi connectivity index (χ3n) is 3.82. The van der Waals surface area contributed by atoms with Crippen LogP contribution in [0.15, 0.2) is 54.6 Å². The molecule has 0 spiro atoms. The monoisotopic (exact) mass is 373 g/mol. The molecule has 8 heteroatoms. The average molecular weight is 373 g/mol. The van der Waals surface area contributed by atoms with Crippen molar-refractivity contribution >= 4 is 0 Å². The van der Waals surface area contributed by atoms with Crippen molar-refractivity contribution in [2.45, 2.75) is 19.4 Å². The summed E-state index contributed by atoms with van der Waals surface area (Å²) < 4.78 is 43.6. The summed E-state index contributed by atoms with van der Waals surface area (Å²) in [6.45, 7) is 1.74.